The smallest absolute Gasteiger partial charge is 0.267 e. The number of halogens is 1. The second-order valence-electron chi connectivity index (χ2n) is 4.43. The molecule has 1 aromatic heterocycles. The van der Waals surface area contributed by atoms with E-state index >= 15 is 0 Å². The van der Waals surface area contributed by atoms with Crippen LogP contribution in [-0.4, -0.2) is 11.8 Å². The Balaban J connectivity index is 2.01. The van der Waals surface area contributed by atoms with Crippen molar-refractivity contribution in [2.75, 3.05) is 0 Å². The second-order valence-corrected chi connectivity index (χ2v) is 5.69. The molecule has 2 amide bonds. The van der Waals surface area contributed by atoms with E-state index in [2.05, 4.69) is 10.9 Å². The summed E-state index contributed by atoms with van der Waals surface area (Å²) in [5, 5.41) is 0. The number of carbonyl (C=O) groups is 2. The standard InChI is InChI=1S/C15H15FN2O2S/c1-3-10-8-13(21-9(10)2)15(20)18-17-14(19)11-6-4-5-7-12(11)16/h4-8H,3H2,1-2H3,(H,17,19)(H,18,20). The zero-order chi connectivity index (χ0) is 15.4. The van der Waals surface area contributed by atoms with Crippen molar-refractivity contribution in [3.8, 4) is 0 Å². The Bertz CT molecular complexity index is 682. The number of hydrogen-bond acceptors (Lipinski definition) is 3. The van der Waals surface area contributed by atoms with Gasteiger partial charge in [0, 0.05) is 4.88 Å². The zero-order valence-electron chi connectivity index (χ0n) is 11.7. The lowest BCUT2D eigenvalue weighted by molar-refractivity contribution is 0.0846. The van der Waals surface area contributed by atoms with Crippen LogP contribution < -0.4 is 10.9 Å². The predicted molar refractivity (Wildman–Crippen MR) is 79.8 cm³/mol. The predicted octanol–water partition coefficient (Wildman–Crippen LogP) is 2.83. The molecule has 0 spiro atoms. The summed E-state index contributed by atoms with van der Waals surface area (Å²) >= 11 is 1.36. The van der Waals surface area contributed by atoms with Crippen molar-refractivity contribution >= 4 is 23.2 Å². The molecule has 2 aromatic rings. The first-order valence-corrected chi connectivity index (χ1v) is 7.29. The Labute approximate surface area is 126 Å². The van der Waals surface area contributed by atoms with Crippen LogP contribution in [0.1, 0.15) is 37.4 Å². The van der Waals surface area contributed by atoms with Crippen molar-refractivity contribution in [1.82, 2.24) is 10.9 Å². The number of carbonyl (C=O) groups excluding carboxylic acids is 2. The number of aryl methyl sites for hydroxylation is 2. The van der Waals surface area contributed by atoms with Gasteiger partial charge in [-0.15, -0.1) is 11.3 Å². The largest absolute Gasteiger partial charge is 0.279 e. The summed E-state index contributed by atoms with van der Waals surface area (Å²) < 4.78 is 13.4. The van der Waals surface area contributed by atoms with E-state index in [-0.39, 0.29) is 5.56 Å². The van der Waals surface area contributed by atoms with Crippen molar-refractivity contribution < 1.29 is 14.0 Å². The van der Waals surface area contributed by atoms with Gasteiger partial charge in [-0.25, -0.2) is 4.39 Å². The van der Waals surface area contributed by atoms with E-state index in [1.807, 2.05) is 13.8 Å². The molecule has 1 heterocycles. The average molecular weight is 306 g/mol. The van der Waals surface area contributed by atoms with Crippen LogP contribution in [0.4, 0.5) is 4.39 Å². The number of hydrazine groups is 1. The fraction of sp³-hybridized carbons (Fsp3) is 0.200. The van der Waals surface area contributed by atoms with Crippen molar-refractivity contribution in [3.05, 3.63) is 57.0 Å². The van der Waals surface area contributed by atoms with E-state index < -0.39 is 17.6 Å². The number of thiophene rings is 1. The Morgan fingerprint density at radius 1 is 1.19 bits per heavy atom. The molecule has 110 valence electrons. The Morgan fingerprint density at radius 3 is 2.48 bits per heavy atom. The van der Waals surface area contributed by atoms with Crippen molar-refractivity contribution in [2.24, 2.45) is 0 Å². The van der Waals surface area contributed by atoms with Crippen LogP contribution in [0, 0.1) is 12.7 Å². The fourth-order valence-electron chi connectivity index (χ4n) is 1.87. The molecule has 21 heavy (non-hydrogen) atoms. The summed E-state index contributed by atoms with van der Waals surface area (Å²) in [5.41, 5.74) is 5.49. The zero-order valence-corrected chi connectivity index (χ0v) is 12.5. The van der Waals surface area contributed by atoms with E-state index in [1.165, 1.54) is 29.5 Å². The lowest BCUT2D eigenvalue weighted by atomic mass is 10.2. The minimum Gasteiger partial charge on any atom is -0.267 e. The molecular formula is C15H15FN2O2S. The van der Waals surface area contributed by atoms with Gasteiger partial charge in [0.1, 0.15) is 5.82 Å². The van der Waals surface area contributed by atoms with Crippen LogP contribution >= 0.6 is 11.3 Å². The normalized spacial score (nSPS) is 10.2. The topological polar surface area (TPSA) is 58.2 Å². The summed E-state index contributed by atoms with van der Waals surface area (Å²) in [6, 6.07) is 7.38. The SMILES string of the molecule is CCc1cc(C(=O)NNC(=O)c2ccccc2F)sc1C. The summed E-state index contributed by atoms with van der Waals surface area (Å²) in [6.07, 6.45) is 0.844. The van der Waals surface area contributed by atoms with E-state index in [9.17, 15) is 14.0 Å². The number of rotatable bonds is 3. The van der Waals surface area contributed by atoms with Gasteiger partial charge in [0.2, 0.25) is 0 Å². The number of benzene rings is 1. The maximum atomic E-state index is 13.4. The van der Waals surface area contributed by atoms with Gasteiger partial charge in [-0.2, -0.15) is 0 Å². The van der Waals surface area contributed by atoms with Gasteiger partial charge in [-0.05, 0) is 37.1 Å². The fourth-order valence-corrected chi connectivity index (χ4v) is 2.88. The summed E-state index contributed by atoms with van der Waals surface area (Å²) in [7, 11) is 0. The van der Waals surface area contributed by atoms with E-state index in [0.717, 1.165) is 16.9 Å². The van der Waals surface area contributed by atoms with Gasteiger partial charge in [0.05, 0.1) is 10.4 Å². The molecule has 0 radical (unpaired) electrons. The Kier molecular flexibility index (Phi) is 4.70. The summed E-state index contributed by atoms with van der Waals surface area (Å²) in [6.45, 7) is 3.95. The van der Waals surface area contributed by atoms with E-state index in [0.29, 0.717) is 4.88 Å². The minimum absolute atomic E-state index is 0.116. The molecule has 4 nitrogen and oxygen atoms in total. The monoisotopic (exact) mass is 306 g/mol. The Morgan fingerprint density at radius 2 is 1.86 bits per heavy atom. The maximum Gasteiger partial charge on any atom is 0.279 e. The molecule has 6 heteroatoms. The summed E-state index contributed by atoms with van der Waals surface area (Å²) in [5.74, 6) is -1.73. The first kappa shape index (κ1) is 15.2. The maximum absolute atomic E-state index is 13.4. The molecule has 1 aromatic carbocycles. The van der Waals surface area contributed by atoms with E-state index in [1.54, 1.807) is 12.1 Å². The van der Waals surface area contributed by atoms with Gasteiger partial charge in [-0.3, -0.25) is 20.4 Å². The quantitative estimate of drug-likeness (QED) is 0.857. The summed E-state index contributed by atoms with van der Waals surface area (Å²) in [4.78, 5) is 25.3. The van der Waals surface area contributed by atoms with Crippen LogP contribution in [0.15, 0.2) is 30.3 Å². The van der Waals surface area contributed by atoms with Gasteiger partial charge in [-0.1, -0.05) is 19.1 Å². The van der Waals surface area contributed by atoms with Crippen molar-refractivity contribution in [2.45, 2.75) is 20.3 Å². The van der Waals surface area contributed by atoms with Gasteiger partial charge in [0.15, 0.2) is 0 Å². The first-order chi connectivity index (χ1) is 10.0. The highest BCUT2D eigenvalue weighted by Gasteiger charge is 2.14. The second kappa shape index (κ2) is 6.49. The average Bonchev–Trinajstić information content (AvgIpc) is 2.86. The molecule has 0 atom stereocenters. The van der Waals surface area contributed by atoms with Crippen LogP contribution in [0.5, 0.6) is 0 Å². The number of nitrogens with one attached hydrogen (secondary N) is 2. The molecule has 0 unspecified atom stereocenters. The molecule has 0 saturated carbocycles. The van der Waals surface area contributed by atoms with Gasteiger partial charge in [0.25, 0.3) is 11.8 Å². The van der Waals surface area contributed by atoms with Crippen LogP contribution in [0.3, 0.4) is 0 Å². The lowest BCUT2D eigenvalue weighted by Crippen LogP contribution is -2.41. The van der Waals surface area contributed by atoms with Crippen LogP contribution in [-0.2, 0) is 6.42 Å². The van der Waals surface area contributed by atoms with Crippen LogP contribution in [0.2, 0.25) is 0 Å². The number of amides is 2. The molecule has 0 aliphatic carbocycles. The van der Waals surface area contributed by atoms with Crippen LogP contribution in [0.25, 0.3) is 0 Å². The third-order valence-corrected chi connectivity index (χ3v) is 4.12. The third-order valence-electron chi connectivity index (χ3n) is 3.03. The number of hydrogen-bond donors (Lipinski definition) is 2. The molecular weight excluding hydrogens is 291 g/mol. The first-order valence-electron chi connectivity index (χ1n) is 6.47. The van der Waals surface area contributed by atoms with Crippen molar-refractivity contribution in [3.63, 3.8) is 0 Å². The molecule has 0 bridgehead atoms. The molecule has 2 N–H and O–H groups in total. The molecule has 0 aliphatic rings. The minimum atomic E-state index is -0.689. The van der Waals surface area contributed by atoms with Gasteiger partial charge < -0.3 is 0 Å². The highest BCUT2D eigenvalue weighted by atomic mass is 32.1. The molecule has 2 rings (SSSR count). The molecule has 0 fully saturated rings. The van der Waals surface area contributed by atoms with Crippen molar-refractivity contribution in [1.29, 1.82) is 0 Å². The third kappa shape index (κ3) is 3.46. The highest BCUT2D eigenvalue weighted by Crippen LogP contribution is 2.21. The Hall–Kier alpha value is -2.21. The molecule has 0 saturated heterocycles. The lowest BCUT2D eigenvalue weighted by Gasteiger charge is -2.06. The van der Waals surface area contributed by atoms with Gasteiger partial charge >= 0.3 is 0 Å². The highest BCUT2D eigenvalue weighted by molar-refractivity contribution is 7.14. The van der Waals surface area contributed by atoms with E-state index in [4.69, 9.17) is 0 Å². The molecule has 0 aliphatic heterocycles.